The molecule has 1 aliphatic carbocycles. The number of nitro groups is 1. The van der Waals surface area contributed by atoms with Crippen LogP contribution in [0.25, 0.3) is 6.08 Å². The van der Waals surface area contributed by atoms with Gasteiger partial charge < -0.3 is 9.47 Å². The van der Waals surface area contributed by atoms with E-state index in [1.54, 1.807) is 24.3 Å². The number of halogens is 1. The Labute approximate surface area is 215 Å². The number of hydrogen-bond donors (Lipinski definition) is 1. The van der Waals surface area contributed by atoms with Crippen LogP contribution in [0.1, 0.15) is 43.2 Å². The summed E-state index contributed by atoms with van der Waals surface area (Å²) in [6.07, 6.45) is 5.76. The molecule has 4 rings (SSSR count). The first kappa shape index (κ1) is 25.4. The third kappa shape index (κ3) is 5.40. The van der Waals surface area contributed by atoms with E-state index in [-0.39, 0.29) is 23.9 Å². The van der Waals surface area contributed by atoms with Gasteiger partial charge in [-0.3, -0.25) is 29.9 Å². The maximum Gasteiger partial charge on any atom is 0.331 e. The minimum Gasteiger partial charge on any atom is -0.493 e. The van der Waals surface area contributed by atoms with Gasteiger partial charge in [0.15, 0.2) is 11.5 Å². The highest BCUT2D eigenvalue weighted by atomic mass is 79.9. The van der Waals surface area contributed by atoms with E-state index in [2.05, 4.69) is 21.2 Å². The lowest BCUT2D eigenvalue weighted by Crippen LogP contribution is -2.58. The Bertz CT molecular complexity index is 1250. The molecule has 0 atom stereocenters. The predicted molar refractivity (Wildman–Crippen MR) is 133 cm³/mol. The number of barbiturate groups is 1. The molecule has 0 radical (unpaired) electrons. The van der Waals surface area contributed by atoms with Crippen molar-refractivity contribution in [3.8, 4) is 11.5 Å². The predicted octanol–water partition coefficient (Wildman–Crippen LogP) is 4.74. The van der Waals surface area contributed by atoms with Crippen molar-refractivity contribution in [3.63, 3.8) is 0 Å². The molecule has 1 N–H and O–H groups in total. The number of methoxy groups -OCH3 is 1. The van der Waals surface area contributed by atoms with Crippen molar-refractivity contribution in [2.24, 2.45) is 0 Å². The van der Waals surface area contributed by atoms with Crippen molar-refractivity contribution in [1.82, 2.24) is 10.2 Å². The first-order chi connectivity index (χ1) is 17.3. The lowest BCUT2D eigenvalue weighted by molar-refractivity contribution is -0.384. The maximum absolute atomic E-state index is 13.2. The monoisotopic (exact) mass is 557 g/mol. The molecule has 0 unspecified atom stereocenters. The summed E-state index contributed by atoms with van der Waals surface area (Å²) in [4.78, 5) is 49.8. The van der Waals surface area contributed by atoms with Gasteiger partial charge in [0.1, 0.15) is 12.2 Å². The van der Waals surface area contributed by atoms with E-state index in [1.807, 2.05) is 0 Å². The third-order valence-electron chi connectivity index (χ3n) is 6.17. The van der Waals surface area contributed by atoms with E-state index >= 15 is 0 Å². The van der Waals surface area contributed by atoms with E-state index in [9.17, 15) is 24.5 Å². The molecule has 36 heavy (non-hydrogen) atoms. The van der Waals surface area contributed by atoms with Gasteiger partial charge in [-0.1, -0.05) is 47.3 Å². The summed E-state index contributed by atoms with van der Waals surface area (Å²) < 4.78 is 11.8. The van der Waals surface area contributed by atoms with Gasteiger partial charge in [-0.25, -0.2) is 4.79 Å². The number of urea groups is 1. The third-order valence-corrected chi connectivity index (χ3v) is 6.86. The molecule has 4 amide bonds. The van der Waals surface area contributed by atoms with Crippen LogP contribution < -0.4 is 14.8 Å². The van der Waals surface area contributed by atoms with Crippen LogP contribution in [-0.2, 0) is 16.2 Å². The number of rotatable bonds is 7. The van der Waals surface area contributed by atoms with Crippen LogP contribution in [-0.4, -0.2) is 40.8 Å². The van der Waals surface area contributed by atoms with Gasteiger partial charge in [-0.15, -0.1) is 0 Å². The van der Waals surface area contributed by atoms with Crippen LogP contribution in [0.15, 0.2) is 46.4 Å². The number of hydrogen-bond acceptors (Lipinski definition) is 7. The van der Waals surface area contributed by atoms with E-state index in [0.29, 0.717) is 27.1 Å². The zero-order chi connectivity index (χ0) is 25.8. The molecular weight excluding hydrogens is 534 g/mol. The normalized spacial score (nSPS) is 17.8. The topological polar surface area (TPSA) is 128 Å². The number of carbonyl (C=O) groups is 3. The van der Waals surface area contributed by atoms with E-state index in [1.165, 1.54) is 25.3 Å². The molecule has 1 heterocycles. The Hall–Kier alpha value is -3.73. The van der Waals surface area contributed by atoms with Crippen LogP contribution in [0.5, 0.6) is 11.5 Å². The Balaban J connectivity index is 1.58. The molecule has 2 aliphatic rings. The van der Waals surface area contributed by atoms with Crippen molar-refractivity contribution in [3.05, 3.63) is 67.7 Å². The molecule has 0 spiro atoms. The molecular formula is C25H24BrN3O7. The maximum atomic E-state index is 13.2. The lowest BCUT2D eigenvalue weighted by Gasteiger charge is -2.35. The van der Waals surface area contributed by atoms with Crippen LogP contribution in [0.2, 0.25) is 0 Å². The van der Waals surface area contributed by atoms with Crippen LogP contribution in [0, 0.1) is 10.1 Å². The quantitative estimate of drug-likeness (QED) is 0.225. The molecule has 11 heteroatoms. The first-order valence-electron chi connectivity index (χ1n) is 11.4. The van der Waals surface area contributed by atoms with Crippen LogP contribution >= 0.6 is 15.9 Å². The van der Waals surface area contributed by atoms with Gasteiger partial charge >= 0.3 is 6.03 Å². The smallest absolute Gasteiger partial charge is 0.331 e. The van der Waals surface area contributed by atoms with Gasteiger partial charge in [0.25, 0.3) is 17.5 Å². The van der Waals surface area contributed by atoms with Crippen molar-refractivity contribution < 1.29 is 28.8 Å². The highest BCUT2D eigenvalue weighted by molar-refractivity contribution is 9.10. The number of benzene rings is 2. The standard InChI is InChI=1S/C25H24BrN3O7/c1-35-21-12-16(20(26)13-22(21)36-14-15-6-5-9-18(10-15)29(33)34)11-19-23(30)27-25(32)28(24(19)31)17-7-3-2-4-8-17/h5-6,9-13,17H,2-4,7-8,14H2,1H3,(H,27,30,32). The fraction of sp³-hybridized carbons (Fsp3) is 0.320. The fourth-order valence-electron chi connectivity index (χ4n) is 4.35. The van der Waals surface area contributed by atoms with Gasteiger partial charge in [-0.2, -0.15) is 0 Å². The number of nitrogens with one attached hydrogen (secondary N) is 1. The number of ether oxygens (including phenoxy) is 2. The van der Waals surface area contributed by atoms with Crippen molar-refractivity contribution in [2.45, 2.75) is 44.8 Å². The Kier molecular flexibility index (Phi) is 7.68. The summed E-state index contributed by atoms with van der Waals surface area (Å²) >= 11 is 3.44. The van der Waals surface area contributed by atoms with Crippen LogP contribution in [0.4, 0.5) is 10.5 Å². The molecule has 0 aromatic heterocycles. The van der Waals surface area contributed by atoms with Gasteiger partial charge in [0.2, 0.25) is 0 Å². The summed E-state index contributed by atoms with van der Waals surface area (Å²) in [7, 11) is 1.45. The summed E-state index contributed by atoms with van der Waals surface area (Å²) in [5.41, 5.74) is 0.895. The average molecular weight is 558 g/mol. The lowest BCUT2D eigenvalue weighted by atomic mass is 9.93. The molecule has 1 aliphatic heterocycles. The second-order valence-corrected chi connectivity index (χ2v) is 9.38. The molecule has 10 nitrogen and oxygen atoms in total. The zero-order valence-corrected chi connectivity index (χ0v) is 21.1. The summed E-state index contributed by atoms with van der Waals surface area (Å²) in [6.45, 7) is 0.0598. The number of nitrogens with zero attached hydrogens (tertiary/aromatic N) is 2. The SMILES string of the molecule is COc1cc(C=C2C(=O)NC(=O)N(C3CCCCC3)C2=O)c(Br)cc1OCc1cccc([N+](=O)[O-])c1. The molecule has 2 fully saturated rings. The largest absolute Gasteiger partial charge is 0.493 e. The first-order valence-corrected chi connectivity index (χ1v) is 12.2. The molecule has 1 saturated carbocycles. The van der Waals surface area contributed by atoms with Crippen LogP contribution in [0.3, 0.4) is 0 Å². The minimum atomic E-state index is -0.756. The van der Waals surface area contributed by atoms with E-state index in [0.717, 1.165) is 37.0 Å². The minimum absolute atomic E-state index is 0.0394. The summed E-state index contributed by atoms with van der Waals surface area (Å²) in [6, 6.07) is 8.41. The Morgan fingerprint density at radius 3 is 2.58 bits per heavy atom. The number of non-ortho nitro benzene ring substituents is 1. The van der Waals surface area contributed by atoms with E-state index in [4.69, 9.17) is 9.47 Å². The van der Waals surface area contributed by atoms with Gasteiger partial charge in [-0.05, 0) is 42.2 Å². The summed E-state index contributed by atoms with van der Waals surface area (Å²) in [5, 5.41) is 13.3. The molecule has 0 bridgehead atoms. The van der Waals surface area contributed by atoms with Crippen molar-refractivity contribution in [2.75, 3.05) is 7.11 Å². The number of carbonyl (C=O) groups excluding carboxylic acids is 3. The summed E-state index contributed by atoms with van der Waals surface area (Å²) in [5.74, 6) is -0.683. The fourth-order valence-corrected chi connectivity index (χ4v) is 4.79. The van der Waals surface area contributed by atoms with E-state index < -0.39 is 22.8 Å². The second-order valence-electron chi connectivity index (χ2n) is 8.52. The second kappa shape index (κ2) is 10.9. The molecule has 2 aromatic rings. The molecule has 1 saturated heterocycles. The molecule has 188 valence electrons. The highest BCUT2D eigenvalue weighted by Gasteiger charge is 2.40. The average Bonchev–Trinajstić information content (AvgIpc) is 2.86. The van der Waals surface area contributed by atoms with Crippen molar-refractivity contribution in [1.29, 1.82) is 0 Å². The highest BCUT2D eigenvalue weighted by Crippen LogP contribution is 2.36. The number of nitro benzene ring substituents is 1. The molecule has 2 aromatic carbocycles. The van der Waals surface area contributed by atoms with Crippen molar-refractivity contribution >= 4 is 45.5 Å². The van der Waals surface area contributed by atoms with Gasteiger partial charge in [0.05, 0.1) is 12.0 Å². The van der Waals surface area contributed by atoms with Gasteiger partial charge in [0, 0.05) is 22.6 Å². The Morgan fingerprint density at radius 1 is 1.14 bits per heavy atom. The Morgan fingerprint density at radius 2 is 1.89 bits per heavy atom. The zero-order valence-electron chi connectivity index (χ0n) is 19.5. The number of amides is 4. The number of imide groups is 2.